The fraction of sp³-hybridized carbons (Fsp3) is 0.581. The first-order chi connectivity index (χ1) is 19.2. The summed E-state index contributed by atoms with van der Waals surface area (Å²) in [4.78, 5) is 15.0. The van der Waals surface area contributed by atoms with Crippen LogP contribution >= 0.6 is 0 Å². The van der Waals surface area contributed by atoms with Gasteiger partial charge < -0.3 is 30.1 Å². The molecule has 2 aromatic carbocycles. The number of rotatable bonds is 14. The first kappa shape index (κ1) is 31.8. The van der Waals surface area contributed by atoms with Gasteiger partial charge in [-0.3, -0.25) is 0 Å². The van der Waals surface area contributed by atoms with Crippen LogP contribution in [0, 0.1) is 23.5 Å². The van der Waals surface area contributed by atoms with Gasteiger partial charge in [-0.05, 0) is 69.7 Å². The molecule has 3 atom stereocenters. The number of hydrogen-bond acceptors (Lipinski definition) is 5. The van der Waals surface area contributed by atoms with E-state index in [1.165, 1.54) is 6.07 Å². The average molecular weight is 562 g/mol. The number of piperidine rings is 1. The number of unbranched alkanes of at least 4 members (excludes halogenated alkanes) is 1. The van der Waals surface area contributed by atoms with Gasteiger partial charge in [-0.15, -0.1) is 0 Å². The molecule has 1 aliphatic rings. The largest absolute Gasteiger partial charge is 0.454 e. The second kappa shape index (κ2) is 15.3. The van der Waals surface area contributed by atoms with Crippen molar-refractivity contribution in [3.63, 3.8) is 0 Å². The number of halogens is 2. The molecule has 0 spiro atoms. The summed E-state index contributed by atoms with van der Waals surface area (Å²) in [5.41, 5.74) is -1.58. The first-order valence-corrected chi connectivity index (χ1v) is 14.3. The lowest BCUT2D eigenvalue weighted by Crippen LogP contribution is -2.54. The number of likely N-dealkylation sites (tertiary alicyclic amines) is 1. The van der Waals surface area contributed by atoms with E-state index in [9.17, 15) is 14.3 Å². The van der Waals surface area contributed by atoms with Crippen molar-refractivity contribution in [3.8, 4) is 11.5 Å². The van der Waals surface area contributed by atoms with E-state index in [4.69, 9.17) is 9.47 Å². The van der Waals surface area contributed by atoms with Crippen molar-refractivity contribution in [2.75, 3.05) is 40.4 Å². The van der Waals surface area contributed by atoms with Gasteiger partial charge in [-0.2, -0.15) is 0 Å². The van der Waals surface area contributed by atoms with Gasteiger partial charge in [0.05, 0.1) is 5.60 Å². The third-order valence-electron chi connectivity index (χ3n) is 7.51. The highest BCUT2D eigenvalue weighted by Crippen LogP contribution is 2.45. The molecule has 0 radical (unpaired) electrons. The van der Waals surface area contributed by atoms with Crippen molar-refractivity contribution in [1.29, 1.82) is 0 Å². The zero-order valence-electron chi connectivity index (χ0n) is 24.2. The summed E-state index contributed by atoms with van der Waals surface area (Å²) in [6.07, 6.45) is 3.56. The van der Waals surface area contributed by atoms with E-state index in [0.717, 1.165) is 12.5 Å². The number of aliphatic hydroxyl groups is 1. The van der Waals surface area contributed by atoms with Crippen LogP contribution in [0.15, 0.2) is 42.5 Å². The van der Waals surface area contributed by atoms with Crippen LogP contribution in [0.3, 0.4) is 0 Å². The third-order valence-corrected chi connectivity index (χ3v) is 7.51. The highest BCUT2D eigenvalue weighted by atomic mass is 19.1. The maximum Gasteiger partial charge on any atom is 0.317 e. The Hall–Kier alpha value is -2.75. The quantitative estimate of drug-likeness (QED) is 0.253. The standard InChI is InChI=1S/C31H45F2N3O4/c1-22(2)17-25(20-34-3)35-30(37)36-15-10-11-23(21-36)31(38,14-8-9-16-39-4)27-18-24(32)19-28(33)29(27)40-26-12-6-5-7-13-26/h5-7,12-13,18-19,22-23,25,34,38H,8-11,14-17,20-21H2,1-4H3,(H,35,37)/t23-,25+,31+/m1/s1. The summed E-state index contributed by atoms with van der Waals surface area (Å²) < 4.78 is 41.1. The second-order valence-electron chi connectivity index (χ2n) is 11.2. The number of amides is 2. The molecule has 40 heavy (non-hydrogen) atoms. The average Bonchev–Trinajstić information content (AvgIpc) is 2.92. The molecule has 9 heteroatoms. The van der Waals surface area contributed by atoms with Crippen LogP contribution in [0.25, 0.3) is 0 Å². The number of para-hydroxylation sites is 1. The predicted octanol–water partition coefficient (Wildman–Crippen LogP) is 5.82. The SMILES string of the molecule is CNC[C@H](CC(C)C)NC(=O)N1CCC[C@@H]([C@@](O)(CCCCOC)c2cc(F)cc(F)c2Oc2ccccc2)C1. The zero-order valence-corrected chi connectivity index (χ0v) is 24.2. The van der Waals surface area contributed by atoms with Gasteiger partial charge in [-0.1, -0.05) is 32.0 Å². The number of methoxy groups -OCH3 is 1. The number of urea groups is 1. The van der Waals surface area contributed by atoms with Gasteiger partial charge in [0.25, 0.3) is 0 Å². The van der Waals surface area contributed by atoms with Gasteiger partial charge in [0, 0.05) is 56.9 Å². The summed E-state index contributed by atoms with van der Waals surface area (Å²) in [6, 6.07) is 10.4. The molecule has 1 saturated heterocycles. The second-order valence-corrected chi connectivity index (χ2v) is 11.2. The minimum atomic E-state index is -1.64. The fourth-order valence-corrected chi connectivity index (χ4v) is 5.62. The van der Waals surface area contributed by atoms with Crippen molar-refractivity contribution >= 4 is 6.03 Å². The lowest BCUT2D eigenvalue weighted by Gasteiger charge is -2.43. The summed E-state index contributed by atoms with van der Waals surface area (Å²) in [7, 11) is 3.46. The Balaban J connectivity index is 1.93. The molecule has 0 saturated carbocycles. The molecule has 0 bridgehead atoms. The fourth-order valence-electron chi connectivity index (χ4n) is 5.62. The van der Waals surface area contributed by atoms with Crippen LogP contribution in [0.1, 0.15) is 57.9 Å². The Kier molecular flexibility index (Phi) is 12.2. The summed E-state index contributed by atoms with van der Waals surface area (Å²) in [5, 5.41) is 18.6. The normalized spacial score (nSPS) is 17.9. The lowest BCUT2D eigenvalue weighted by atomic mass is 9.73. The van der Waals surface area contributed by atoms with Crippen molar-refractivity contribution in [2.45, 2.75) is 64.0 Å². The monoisotopic (exact) mass is 561 g/mol. The lowest BCUT2D eigenvalue weighted by molar-refractivity contribution is -0.0580. The summed E-state index contributed by atoms with van der Waals surface area (Å²) in [5.74, 6) is -1.55. The Morgan fingerprint density at radius 1 is 1.20 bits per heavy atom. The zero-order chi connectivity index (χ0) is 29.1. The minimum Gasteiger partial charge on any atom is -0.454 e. The van der Waals surface area contributed by atoms with Gasteiger partial charge in [-0.25, -0.2) is 13.6 Å². The van der Waals surface area contributed by atoms with Crippen LogP contribution in [-0.4, -0.2) is 62.5 Å². The topological polar surface area (TPSA) is 83.1 Å². The number of benzene rings is 2. The van der Waals surface area contributed by atoms with Crippen molar-refractivity contribution in [1.82, 2.24) is 15.5 Å². The smallest absolute Gasteiger partial charge is 0.317 e. The van der Waals surface area contributed by atoms with E-state index in [2.05, 4.69) is 24.5 Å². The maximum absolute atomic E-state index is 15.3. The maximum atomic E-state index is 15.3. The number of carbonyl (C=O) groups is 1. The molecular formula is C31H45F2N3O4. The highest BCUT2D eigenvalue weighted by Gasteiger charge is 2.44. The molecule has 1 aliphatic heterocycles. The molecular weight excluding hydrogens is 516 g/mol. The van der Waals surface area contributed by atoms with E-state index in [1.54, 1.807) is 36.3 Å². The molecule has 222 valence electrons. The van der Waals surface area contributed by atoms with Crippen molar-refractivity contribution in [3.05, 3.63) is 59.7 Å². The van der Waals surface area contributed by atoms with Gasteiger partial charge in [0.2, 0.25) is 0 Å². The van der Waals surface area contributed by atoms with Crippen LogP contribution in [0.2, 0.25) is 0 Å². The van der Waals surface area contributed by atoms with Crippen LogP contribution in [0.5, 0.6) is 11.5 Å². The molecule has 0 unspecified atom stereocenters. The van der Waals surface area contributed by atoms with Crippen LogP contribution < -0.4 is 15.4 Å². The number of nitrogens with zero attached hydrogens (tertiary/aromatic N) is 1. The minimum absolute atomic E-state index is 0.0333. The summed E-state index contributed by atoms with van der Waals surface area (Å²) >= 11 is 0. The molecule has 2 aromatic rings. The number of likely N-dealkylation sites (N-methyl/N-ethyl adjacent to an activating group) is 1. The number of nitrogens with one attached hydrogen (secondary N) is 2. The Morgan fingerprint density at radius 2 is 1.95 bits per heavy atom. The first-order valence-electron chi connectivity index (χ1n) is 14.3. The third kappa shape index (κ3) is 8.62. The van der Waals surface area contributed by atoms with Crippen LogP contribution in [-0.2, 0) is 10.3 Å². The Bertz CT molecular complexity index is 1070. The molecule has 0 aromatic heterocycles. The number of carbonyl (C=O) groups excluding carboxylic acids is 1. The molecule has 1 heterocycles. The molecule has 3 N–H and O–H groups in total. The molecule has 7 nitrogen and oxygen atoms in total. The van der Waals surface area contributed by atoms with E-state index < -0.39 is 23.2 Å². The molecule has 3 rings (SSSR count). The molecule has 0 aliphatic carbocycles. The van der Waals surface area contributed by atoms with Crippen molar-refractivity contribution in [2.24, 2.45) is 11.8 Å². The van der Waals surface area contributed by atoms with Gasteiger partial charge in [0.15, 0.2) is 11.6 Å². The van der Waals surface area contributed by atoms with E-state index in [1.807, 2.05) is 13.1 Å². The predicted molar refractivity (Wildman–Crippen MR) is 152 cm³/mol. The summed E-state index contributed by atoms with van der Waals surface area (Å²) in [6.45, 7) is 6.17. The van der Waals surface area contributed by atoms with Gasteiger partial charge >= 0.3 is 6.03 Å². The van der Waals surface area contributed by atoms with E-state index >= 15 is 4.39 Å². The number of hydrogen-bond donors (Lipinski definition) is 3. The highest BCUT2D eigenvalue weighted by molar-refractivity contribution is 5.74. The Labute approximate surface area is 237 Å². The van der Waals surface area contributed by atoms with Gasteiger partial charge in [0.1, 0.15) is 11.6 Å². The number of ether oxygens (including phenoxy) is 2. The Morgan fingerprint density at radius 3 is 2.62 bits per heavy atom. The van der Waals surface area contributed by atoms with E-state index in [-0.39, 0.29) is 36.4 Å². The van der Waals surface area contributed by atoms with Crippen molar-refractivity contribution < 1.29 is 28.2 Å². The molecule has 2 amide bonds. The van der Waals surface area contributed by atoms with E-state index in [0.29, 0.717) is 57.0 Å². The van der Waals surface area contributed by atoms with Crippen LogP contribution in [0.4, 0.5) is 13.6 Å². The molecule has 1 fully saturated rings.